The maximum absolute atomic E-state index is 12.9. The highest BCUT2D eigenvalue weighted by atomic mass is 32.1. The number of ether oxygens (including phenoxy) is 1. The molecule has 3 heterocycles. The molecule has 31 heavy (non-hydrogen) atoms. The summed E-state index contributed by atoms with van der Waals surface area (Å²) in [4.78, 5) is 25.3. The number of thiazole rings is 1. The quantitative estimate of drug-likeness (QED) is 0.512. The molecule has 7 heteroatoms. The first-order valence-electron chi connectivity index (χ1n) is 10.4. The van der Waals surface area contributed by atoms with Crippen molar-refractivity contribution in [3.8, 4) is 16.3 Å². The van der Waals surface area contributed by atoms with Gasteiger partial charge in [-0.25, -0.2) is 4.98 Å². The number of hydrogen-bond acceptors (Lipinski definition) is 5. The number of fused-ring (bicyclic) bond motifs is 1. The summed E-state index contributed by atoms with van der Waals surface area (Å²) in [5.41, 5.74) is 3.81. The van der Waals surface area contributed by atoms with Gasteiger partial charge in [-0.2, -0.15) is 0 Å². The summed E-state index contributed by atoms with van der Waals surface area (Å²) in [6.07, 6.45) is 0. The van der Waals surface area contributed by atoms with Crippen LogP contribution in [0.15, 0.2) is 60.0 Å². The molecule has 2 aromatic carbocycles. The molecule has 6 nitrogen and oxygen atoms in total. The van der Waals surface area contributed by atoms with E-state index in [0.717, 1.165) is 65.6 Å². The smallest absolute Gasteiger partial charge is 0.270 e. The summed E-state index contributed by atoms with van der Waals surface area (Å²) in [6.45, 7) is 3.94. The number of amides is 1. The number of rotatable bonds is 5. The largest absolute Gasteiger partial charge is 0.497 e. The Labute approximate surface area is 185 Å². The fourth-order valence-electron chi connectivity index (χ4n) is 3.97. The second-order valence-corrected chi connectivity index (χ2v) is 8.57. The molecule has 0 bridgehead atoms. The first-order valence-corrected chi connectivity index (χ1v) is 11.3. The summed E-state index contributed by atoms with van der Waals surface area (Å²) in [6, 6.07) is 17.9. The van der Waals surface area contributed by atoms with Crippen molar-refractivity contribution in [2.75, 3.05) is 33.3 Å². The van der Waals surface area contributed by atoms with Gasteiger partial charge in [0.15, 0.2) is 0 Å². The number of H-pyrrole nitrogens is 1. The van der Waals surface area contributed by atoms with Crippen LogP contribution in [0.25, 0.3) is 21.5 Å². The van der Waals surface area contributed by atoms with Gasteiger partial charge in [0.25, 0.3) is 5.91 Å². The molecule has 0 unspecified atom stereocenters. The Morgan fingerprint density at radius 3 is 2.74 bits per heavy atom. The predicted octanol–water partition coefficient (Wildman–Crippen LogP) is 4.26. The number of aromatic nitrogens is 2. The molecule has 1 saturated heterocycles. The molecule has 0 saturated carbocycles. The van der Waals surface area contributed by atoms with Crippen LogP contribution in [-0.4, -0.2) is 59.0 Å². The highest BCUT2D eigenvalue weighted by Gasteiger charge is 2.23. The third kappa shape index (κ3) is 4.19. The molecule has 4 aromatic rings. The van der Waals surface area contributed by atoms with Crippen LogP contribution >= 0.6 is 11.3 Å². The van der Waals surface area contributed by atoms with Gasteiger partial charge in [0, 0.05) is 54.6 Å². The minimum Gasteiger partial charge on any atom is -0.497 e. The summed E-state index contributed by atoms with van der Waals surface area (Å²) in [7, 11) is 1.68. The van der Waals surface area contributed by atoms with Crippen molar-refractivity contribution in [2.45, 2.75) is 6.54 Å². The minimum absolute atomic E-state index is 0.0739. The van der Waals surface area contributed by atoms with Crippen LogP contribution in [0.2, 0.25) is 0 Å². The van der Waals surface area contributed by atoms with E-state index < -0.39 is 0 Å². The first kappa shape index (κ1) is 19.8. The van der Waals surface area contributed by atoms with Gasteiger partial charge in [-0.3, -0.25) is 9.69 Å². The number of piperazine rings is 1. The number of carbonyl (C=O) groups is 1. The van der Waals surface area contributed by atoms with E-state index in [1.54, 1.807) is 18.4 Å². The SMILES string of the molecule is COc1cccc(-c2nc(CN3CCN(C(=O)c4cc5ccccc5[nH]4)CC3)cs2)c1. The third-order valence-corrected chi connectivity index (χ3v) is 6.61. The molecule has 1 fully saturated rings. The van der Waals surface area contributed by atoms with Gasteiger partial charge in [-0.05, 0) is 24.3 Å². The van der Waals surface area contributed by atoms with Gasteiger partial charge in [-0.1, -0.05) is 30.3 Å². The molecule has 158 valence electrons. The second kappa shape index (κ2) is 8.53. The van der Waals surface area contributed by atoms with Crippen LogP contribution in [0.1, 0.15) is 16.2 Å². The molecule has 5 rings (SSSR count). The van der Waals surface area contributed by atoms with Gasteiger partial charge in [0.1, 0.15) is 16.5 Å². The Morgan fingerprint density at radius 1 is 1.10 bits per heavy atom. The van der Waals surface area contributed by atoms with Crippen LogP contribution in [0.3, 0.4) is 0 Å². The van der Waals surface area contributed by atoms with Crippen molar-refractivity contribution in [3.05, 3.63) is 71.4 Å². The molecule has 1 aliphatic heterocycles. The molecule has 1 aliphatic rings. The lowest BCUT2D eigenvalue weighted by Crippen LogP contribution is -2.48. The van der Waals surface area contributed by atoms with Crippen molar-refractivity contribution in [1.29, 1.82) is 0 Å². The normalized spacial score (nSPS) is 14.8. The summed E-state index contributed by atoms with van der Waals surface area (Å²) < 4.78 is 5.32. The molecule has 0 radical (unpaired) electrons. The average molecular weight is 433 g/mol. The number of para-hydroxylation sites is 1. The van der Waals surface area contributed by atoms with E-state index in [0.29, 0.717) is 5.69 Å². The number of hydrogen-bond donors (Lipinski definition) is 1. The van der Waals surface area contributed by atoms with E-state index in [1.165, 1.54) is 0 Å². The Balaban J connectivity index is 1.19. The van der Waals surface area contributed by atoms with Crippen molar-refractivity contribution in [1.82, 2.24) is 19.8 Å². The average Bonchev–Trinajstić information content (AvgIpc) is 3.46. The van der Waals surface area contributed by atoms with Crippen LogP contribution in [0, 0.1) is 0 Å². The molecule has 0 aliphatic carbocycles. The topological polar surface area (TPSA) is 61.5 Å². The van der Waals surface area contributed by atoms with Gasteiger partial charge in [0.2, 0.25) is 0 Å². The lowest BCUT2D eigenvalue weighted by atomic mass is 10.2. The number of benzene rings is 2. The second-order valence-electron chi connectivity index (χ2n) is 7.71. The van der Waals surface area contributed by atoms with Crippen molar-refractivity contribution in [2.24, 2.45) is 0 Å². The maximum Gasteiger partial charge on any atom is 0.270 e. The van der Waals surface area contributed by atoms with Crippen LogP contribution < -0.4 is 4.74 Å². The zero-order valence-electron chi connectivity index (χ0n) is 17.4. The number of aromatic amines is 1. The zero-order chi connectivity index (χ0) is 21.2. The van der Waals surface area contributed by atoms with Gasteiger partial charge >= 0.3 is 0 Å². The number of nitrogens with one attached hydrogen (secondary N) is 1. The van der Waals surface area contributed by atoms with E-state index in [1.807, 2.05) is 53.4 Å². The molecule has 1 amide bonds. The monoisotopic (exact) mass is 432 g/mol. The molecule has 2 aromatic heterocycles. The van der Waals surface area contributed by atoms with Crippen molar-refractivity contribution in [3.63, 3.8) is 0 Å². The van der Waals surface area contributed by atoms with Crippen LogP contribution in [0.4, 0.5) is 0 Å². The number of nitrogens with zero attached hydrogens (tertiary/aromatic N) is 3. The Kier molecular flexibility index (Phi) is 5.44. The highest BCUT2D eigenvalue weighted by Crippen LogP contribution is 2.27. The summed E-state index contributed by atoms with van der Waals surface area (Å²) in [5, 5.41) is 4.19. The Bertz CT molecular complexity index is 1170. The standard InChI is InChI=1S/C24H24N4O2S/c1-30-20-7-4-6-18(13-20)23-25-19(16-31-23)15-27-9-11-28(12-10-27)24(29)22-14-17-5-2-3-8-21(17)26-22/h2-8,13-14,16,26H,9-12,15H2,1H3. The number of carbonyl (C=O) groups excluding carboxylic acids is 1. The summed E-state index contributed by atoms with van der Waals surface area (Å²) in [5.74, 6) is 0.912. The van der Waals surface area contributed by atoms with Gasteiger partial charge < -0.3 is 14.6 Å². The van der Waals surface area contributed by atoms with E-state index in [4.69, 9.17) is 9.72 Å². The van der Waals surface area contributed by atoms with Crippen molar-refractivity contribution >= 4 is 28.1 Å². The molecule has 0 atom stereocenters. The molecular weight excluding hydrogens is 408 g/mol. The molecule has 1 N–H and O–H groups in total. The highest BCUT2D eigenvalue weighted by molar-refractivity contribution is 7.13. The lowest BCUT2D eigenvalue weighted by molar-refractivity contribution is 0.0622. The molecule has 0 spiro atoms. The van der Waals surface area contributed by atoms with E-state index in [-0.39, 0.29) is 5.91 Å². The van der Waals surface area contributed by atoms with Crippen LogP contribution in [0.5, 0.6) is 5.75 Å². The first-order chi connectivity index (χ1) is 15.2. The van der Waals surface area contributed by atoms with E-state index >= 15 is 0 Å². The zero-order valence-corrected chi connectivity index (χ0v) is 18.2. The maximum atomic E-state index is 12.9. The van der Waals surface area contributed by atoms with E-state index in [9.17, 15) is 4.79 Å². The predicted molar refractivity (Wildman–Crippen MR) is 124 cm³/mol. The van der Waals surface area contributed by atoms with E-state index in [2.05, 4.69) is 21.3 Å². The van der Waals surface area contributed by atoms with Crippen molar-refractivity contribution < 1.29 is 9.53 Å². The van der Waals surface area contributed by atoms with Gasteiger partial charge in [0.05, 0.1) is 12.8 Å². The lowest BCUT2D eigenvalue weighted by Gasteiger charge is -2.34. The number of methoxy groups -OCH3 is 1. The Morgan fingerprint density at radius 2 is 1.94 bits per heavy atom. The summed E-state index contributed by atoms with van der Waals surface area (Å²) >= 11 is 1.65. The molecular formula is C24H24N4O2S. The fourth-order valence-corrected chi connectivity index (χ4v) is 4.77. The fraction of sp³-hybridized carbons (Fsp3) is 0.250. The van der Waals surface area contributed by atoms with Crippen LogP contribution in [-0.2, 0) is 6.54 Å². The minimum atomic E-state index is 0.0739. The van der Waals surface area contributed by atoms with Gasteiger partial charge in [-0.15, -0.1) is 11.3 Å². The third-order valence-electron chi connectivity index (χ3n) is 5.67. The Hall–Kier alpha value is -3.16.